The molecule has 1 aliphatic heterocycles. The monoisotopic (exact) mass is 277 g/mol. The fraction of sp³-hybridized carbons (Fsp3) is 0.647. The maximum atomic E-state index is 5.68. The summed E-state index contributed by atoms with van der Waals surface area (Å²) in [4.78, 5) is 0. The zero-order chi connectivity index (χ0) is 14.2. The van der Waals surface area contributed by atoms with Crippen LogP contribution in [0.15, 0.2) is 24.3 Å². The molecule has 0 spiro atoms. The van der Waals surface area contributed by atoms with Crippen LogP contribution in [0.5, 0.6) is 5.75 Å². The molecule has 3 nitrogen and oxygen atoms in total. The van der Waals surface area contributed by atoms with Crippen LogP contribution in [0.1, 0.15) is 51.1 Å². The summed E-state index contributed by atoms with van der Waals surface area (Å²) < 4.78 is 11.3. The van der Waals surface area contributed by atoms with Gasteiger partial charge in [-0.1, -0.05) is 25.5 Å². The van der Waals surface area contributed by atoms with Gasteiger partial charge in [0.1, 0.15) is 5.75 Å². The highest BCUT2D eigenvalue weighted by atomic mass is 16.5. The molecule has 112 valence electrons. The van der Waals surface area contributed by atoms with Gasteiger partial charge in [-0.2, -0.15) is 0 Å². The van der Waals surface area contributed by atoms with E-state index < -0.39 is 0 Å². The quantitative estimate of drug-likeness (QED) is 0.735. The number of hydrogen-bond donors (Lipinski definition) is 1. The lowest BCUT2D eigenvalue weighted by atomic mass is 10.1. The van der Waals surface area contributed by atoms with Gasteiger partial charge in [0, 0.05) is 19.2 Å². The fourth-order valence-electron chi connectivity index (χ4n) is 2.42. The summed E-state index contributed by atoms with van der Waals surface area (Å²) in [7, 11) is 0. The molecule has 0 unspecified atom stereocenters. The second kappa shape index (κ2) is 8.28. The smallest absolute Gasteiger partial charge is 0.119 e. The summed E-state index contributed by atoms with van der Waals surface area (Å²) in [6.07, 6.45) is 5.06. The van der Waals surface area contributed by atoms with Gasteiger partial charge in [-0.25, -0.2) is 0 Å². The standard InChI is InChI=1S/C17H27NO2/c1-3-4-11-19-16-9-7-15(8-10-16)14(2)18-13-17-6-5-12-20-17/h7-10,14,17-18H,3-6,11-13H2,1-2H3/t14-,17-/m1/s1. The fourth-order valence-corrected chi connectivity index (χ4v) is 2.42. The largest absolute Gasteiger partial charge is 0.494 e. The van der Waals surface area contributed by atoms with Crippen molar-refractivity contribution in [3.63, 3.8) is 0 Å². The summed E-state index contributed by atoms with van der Waals surface area (Å²) in [6, 6.07) is 8.77. The summed E-state index contributed by atoms with van der Waals surface area (Å²) in [5, 5.41) is 3.55. The first-order valence-electron chi connectivity index (χ1n) is 7.87. The average molecular weight is 277 g/mol. The minimum absolute atomic E-state index is 0.351. The molecule has 1 aromatic carbocycles. The Hall–Kier alpha value is -1.06. The van der Waals surface area contributed by atoms with Crippen molar-refractivity contribution in [3.8, 4) is 5.75 Å². The Morgan fingerprint density at radius 1 is 1.35 bits per heavy atom. The molecule has 0 amide bonds. The van der Waals surface area contributed by atoms with Crippen LogP contribution in [0.25, 0.3) is 0 Å². The number of benzene rings is 1. The van der Waals surface area contributed by atoms with Gasteiger partial charge in [0.05, 0.1) is 12.7 Å². The van der Waals surface area contributed by atoms with Gasteiger partial charge in [0.2, 0.25) is 0 Å². The van der Waals surface area contributed by atoms with E-state index in [2.05, 4.69) is 43.4 Å². The summed E-state index contributed by atoms with van der Waals surface area (Å²) in [5.41, 5.74) is 1.30. The first-order chi connectivity index (χ1) is 9.79. The summed E-state index contributed by atoms with van der Waals surface area (Å²) in [5.74, 6) is 0.966. The molecule has 3 heteroatoms. The Morgan fingerprint density at radius 2 is 2.15 bits per heavy atom. The number of nitrogens with one attached hydrogen (secondary N) is 1. The van der Waals surface area contributed by atoms with Gasteiger partial charge in [-0.3, -0.25) is 0 Å². The molecule has 1 heterocycles. The van der Waals surface area contributed by atoms with E-state index in [4.69, 9.17) is 9.47 Å². The highest BCUT2D eigenvalue weighted by Gasteiger charge is 2.16. The number of rotatable bonds is 8. The van der Waals surface area contributed by atoms with Crippen molar-refractivity contribution < 1.29 is 9.47 Å². The van der Waals surface area contributed by atoms with Crippen LogP contribution < -0.4 is 10.1 Å². The number of hydrogen-bond acceptors (Lipinski definition) is 3. The molecule has 1 saturated heterocycles. The van der Waals surface area contributed by atoms with Gasteiger partial charge in [-0.15, -0.1) is 0 Å². The van der Waals surface area contributed by atoms with Crippen LogP contribution in [0.3, 0.4) is 0 Å². The van der Waals surface area contributed by atoms with E-state index in [1.54, 1.807) is 0 Å². The predicted molar refractivity (Wildman–Crippen MR) is 82.2 cm³/mol. The molecule has 0 aromatic heterocycles. The maximum absolute atomic E-state index is 5.68. The Labute approximate surface area is 122 Å². The minimum atomic E-state index is 0.351. The Morgan fingerprint density at radius 3 is 2.80 bits per heavy atom. The van der Waals surface area contributed by atoms with Gasteiger partial charge in [0.25, 0.3) is 0 Å². The van der Waals surface area contributed by atoms with E-state index in [1.807, 2.05) is 0 Å². The van der Waals surface area contributed by atoms with Crippen LogP contribution in [0.4, 0.5) is 0 Å². The lowest BCUT2D eigenvalue weighted by molar-refractivity contribution is 0.108. The predicted octanol–water partition coefficient (Wildman–Crippen LogP) is 3.70. The highest BCUT2D eigenvalue weighted by Crippen LogP contribution is 2.19. The Balaban J connectivity index is 1.75. The van der Waals surface area contributed by atoms with Crippen molar-refractivity contribution in [1.82, 2.24) is 5.32 Å². The number of unbranched alkanes of at least 4 members (excludes halogenated alkanes) is 1. The average Bonchev–Trinajstić information content (AvgIpc) is 2.99. The Kier molecular flexibility index (Phi) is 6.34. The van der Waals surface area contributed by atoms with Crippen molar-refractivity contribution in [3.05, 3.63) is 29.8 Å². The third kappa shape index (κ3) is 4.80. The van der Waals surface area contributed by atoms with Gasteiger partial charge in [-0.05, 0) is 43.9 Å². The van der Waals surface area contributed by atoms with Crippen LogP contribution in [0, 0.1) is 0 Å². The van der Waals surface area contributed by atoms with E-state index in [1.165, 1.54) is 24.8 Å². The zero-order valence-corrected chi connectivity index (χ0v) is 12.7. The molecule has 20 heavy (non-hydrogen) atoms. The molecule has 1 N–H and O–H groups in total. The van der Waals surface area contributed by atoms with Gasteiger partial charge in [0.15, 0.2) is 0 Å². The van der Waals surface area contributed by atoms with E-state index in [-0.39, 0.29) is 0 Å². The first-order valence-corrected chi connectivity index (χ1v) is 7.87. The maximum Gasteiger partial charge on any atom is 0.119 e. The molecule has 1 aliphatic rings. The van der Waals surface area contributed by atoms with Gasteiger partial charge < -0.3 is 14.8 Å². The van der Waals surface area contributed by atoms with Crippen molar-refractivity contribution >= 4 is 0 Å². The lowest BCUT2D eigenvalue weighted by Crippen LogP contribution is -2.28. The lowest BCUT2D eigenvalue weighted by Gasteiger charge is -2.17. The van der Waals surface area contributed by atoms with Gasteiger partial charge >= 0.3 is 0 Å². The second-order valence-electron chi connectivity index (χ2n) is 5.54. The van der Waals surface area contributed by atoms with Crippen molar-refractivity contribution in [2.24, 2.45) is 0 Å². The van der Waals surface area contributed by atoms with Crippen LogP contribution >= 0.6 is 0 Å². The molecule has 2 rings (SSSR count). The second-order valence-corrected chi connectivity index (χ2v) is 5.54. The molecule has 0 radical (unpaired) electrons. The minimum Gasteiger partial charge on any atom is -0.494 e. The SMILES string of the molecule is CCCCOc1ccc([C@@H](C)NC[C@H]2CCCO2)cc1. The summed E-state index contributed by atoms with van der Waals surface area (Å²) in [6.45, 7) is 7.04. The summed E-state index contributed by atoms with van der Waals surface area (Å²) >= 11 is 0. The third-order valence-electron chi connectivity index (χ3n) is 3.82. The van der Waals surface area contributed by atoms with E-state index >= 15 is 0 Å². The van der Waals surface area contributed by atoms with Crippen molar-refractivity contribution in [1.29, 1.82) is 0 Å². The molecular weight excluding hydrogens is 250 g/mol. The van der Waals surface area contributed by atoms with E-state index in [9.17, 15) is 0 Å². The van der Waals surface area contributed by atoms with E-state index in [0.29, 0.717) is 12.1 Å². The molecule has 1 aromatic rings. The number of ether oxygens (including phenoxy) is 2. The molecule has 1 fully saturated rings. The molecule has 2 atom stereocenters. The zero-order valence-electron chi connectivity index (χ0n) is 12.7. The molecule has 0 aliphatic carbocycles. The van der Waals surface area contributed by atoms with Crippen molar-refractivity contribution in [2.45, 2.75) is 51.7 Å². The van der Waals surface area contributed by atoms with Crippen LogP contribution in [-0.2, 0) is 4.74 Å². The highest BCUT2D eigenvalue weighted by molar-refractivity contribution is 5.28. The molecular formula is C17H27NO2. The Bertz CT molecular complexity index is 371. The van der Waals surface area contributed by atoms with Crippen molar-refractivity contribution in [2.75, 3.05) is 19.8 Å². The molecule has 0 bridgehead atoms. The topological polar surface area (TPSA) is 30.5 Å². The van der Waals surface area contributed by atoms with Crippen LogP contribution in [0.2, 0.25) is 0 Å². The van der Waals surface area contributed by atoms with Crippen LogP contribution in [-0.4, -0.2) is 25.9 Å². The van der Waals surface area contributed by atoms with E-state index in [0.717, 1.165) is 31.9 Å². The normalized spacial score (nSPS) is 20.0. The third-order valence-corrected chi connectivity index (χ3v) is 3.82. The first kappa shape index (κ1) is 15.3. The molecule has 0 saturated carbocycles.